The van der Waals surface area contributed by atoms with Gasteiger partial charge in [0, 0.05) is 22.5 Å². The van der Waals surface area contributed by atoms with Crippen LogP contribution in [0.4, 0.5) is 0 Å². The van der Waals surface area contributed by atoms with Gasteiger partial charge in [-0.15, -0.1) is 0 Å². The van der Waals surface area contributed by atoms with Gasteiger partial charge in [0.15, 0.2) is 0 Å². The summed E-state index contributed by atoms with van der Waals surface area (Å²) in [5.41, 5.74) is 8.98. The SMILES string of the molecule is [N-]=[N+]=NCCNC(=O)Cc1cccc(Br)c1. The van der Waals surface area contributed by atoms with Gasteiger partial charge >= 0.3 is 0 Å². The Morgan fingerprint density at radius 3 is 3.06 bits per heavy atom. The van der Waals surface area contributed by atoms with Crippen LogP contribution in [0.25, 0.3) is 10.4 Å². The van der Waals surface area contributed by atoms with Crippen LogP contribution < -0.4 is 5.32 Å². The van der Waals surface area contributed by atoms with Crippen LogP contribution in [0.5, 0.6) is 0 Å². The van der Waals surface area contributed by atoms with E-state index in [0.717, 1.165) is 10.0 Å². The summed E-state index contributed by atoms with van der Waals surface area (Å²) in [6.45, 7) is 0.650. The molecule has 1 amide bonds. The van der Waals surface area contributed by atoms with Crippen molar-refractivity contribution in [2.75, 3.05) is 13.1 Å². The molecule has 6 heteroatoms. The Morgan fingerprint density at radius 1 is 1.56 bits per heavy atom. The van der Waals surface area contributed by atoms with Crippen LogP contribution in [-0.4, -0.2) is 19.0 Å². The zero-order valence-corrected chi connectivity index (χ0v) is 10.1. The molecule has 1 rings (SSSR count). The third kappa shape index (κ3) is 4.82. The maximum Gasteiger partial charge on any atom is 0.224 e. The number of nitrogens with zero attached hydrogens (tertiary/aromatic N) is 3. The summed E-state index contributed by atoms with van der Waals surface area (Å²) >= 11 is 3.34. The second-order valence-electron chi connectivity index (χ2n) is 3.11. The van der Waals surface area contributed by atoms with E-state index in [1.165, 1.54) is 0 Å². The lowest BCUT2D eigenvalue weighted by Crippen LogP contribution is -2.27. The maximum absolute atomic E-state index is 11.4. The predicted molar refractivity (Wildman–Crippen MR) is 64.9 cm³/mol. The standard InChI is InChI=1S/C10H11BrN4O/c11-9-3-1-2-8(6-9)7-10(16)13-4-5-14-15-12/h1-3,6H,4-5,7H2,(H,13,16). The van der Waals surface area contributed by atoms with Crippen LogP contribution in [0.15, 0.2) is 33.9 Å². The summed E-state index contributed by atoms with van der Waals surface area (Å²) in [7, 11) is 0. The topological polar surface area (TPSA) is 77.9 Å². The van der Waals surface area contributed by atoms with Crippen LogP contribution >= 0.6 is 15.9 Å². The van der Waals surface area contributed by atoms with Crippen molar-refractivity contribution >= 4 is 21.8 Å². The Kier molecular flexibility index (Phi) is 5.39. The van der Waals surface area contributed by atoms with Crippen molar-refractivity contribution in [2.24, 2.45) is 5.11 Å². The normalized spacial score (nSPS) is 9.31. The molecule has 0 atom stereocenters. The van der Waals surface area contributed by atoms with Crippen molar-refractivity contribution in [3.05, 3.63) is 44.7 Å². The lowest BCUT2D eigenvalue weighted by Gasteiger charge is -2.03. The number of azide groups is 1. The molecule has 0 spiro atoms. The van der Waals surface area contributed by atoms with Crippen LogP contribution in [-0.2, 0) is 11.2 Å². The summed E-state index contributed by atoms with van der Waals surface area (Å²) in [4.78, 5) is 14.0. The minimum absolute atomic E-state index is 0.0776. The Labute approximate surface area is 102 Å². The highest BCUT2D eigenvalue weighted by molar-refractivity contribution is 9.10. The van der Waals surface area contributed by atoms with Gasteiger partial charge in [-0.05, 0) is 23.2 Å². The highest BCUT2D eigenvalue weighted by Crippen LogP contribution is 2.11. The van der Waals surface area contributed by atoms with Gasteiger partial charge in [0.2, 0.25) is 5.91 Å². The van der Waals surface area contributed by atoms with Crippen molar-refractivity contribution in [2.45, 2.75) is 6.42 Å². The van der Waals surface area contributed by atoms with E-state index in [-0.39, 0.29) is 12.5 Å². The van der Waals surface area contributed by atoms with Gasteiger partial charge < -0.3 is 5.32 Å². The number of benzene rings is 1. The number of nitrogens with one attached hydrogen (secondary N) is 1. The molecule has 0 radical (unpaired) electrons. The monoisotopic (exact) mass is 282 g/mol. The largest absolute Gasteiger partial charge is 0.356 e. The van der Waals surface area contributed by atoms with Crippen molar-refractivity contribution < 1.29 is 4.79 Å². The highest BCUT2D eigenvalue weighted by Gasteiger charge is 2.02. The van der Waals surface area contributed by atoms with Crippen LogP contribution in [0.2, 0.25) is 0 Å². The Hall–Kier alpha value is -1.52. The molecule has 0 heterocycles. The van der Waals surface area contributed by atoms with E-state index in [9.17, 15) is 4.79 Å². The molecule has 0 saturated carbocycles. The first kappa shape index (κ1) is 12.5. The van der Waals surface area contributed by atoms with Crippen molar-refractivity contribution in [1.29, 1.82) is 0 Å². The van der Waals surface area contributed by atoms with Gasteiger partial charge in [0.05, 0.1) is 6.42 Å². The number of hydrogen-bond donors (Lipinski definition) is 1. The number of carbonyl (C=O) groups excluding carboxylic acids is 1. The average molecular weight is 283 g/mol. The molecule has 5 nitrogen and oxygen atoms in total. The number of carbonyl (C=O) groups is 1. The first-order valence-electron chi connectivity index (χ1n) is 4.74. The number of hydrogen-bond acceptors (Lipinski definition) is 2. The lowest BCUT2D eigenvalue weighted by molar-refractivity contribution is -0.120. The molecule has 0 aromatic heterocycles. The molecular weight excluding hydrogens is 272 g/mol. The minimum atomic E-state index is -0.0776. The molecule has 1 aromatic carbocycles. The van der Waals surface area contributed by atoms with E-state index in [4.69, 9.17) is 5.53 Å². The smallest absolute Gasteiger partial charge is 0.224 e. The van der Waals surface area contributed by atoms with E-state index in [1.807, 2.05) is 24.3 Å². The average Bonchev–Trinajstić information content (AvgIpc) is 2.24. The fourth-order valence-corrected chi connectivity index (χ4v) is 1.63. The first-order chi connectivity index (χ1) is 7.72. The summed E-state index contributed by atoms with van der Waals surface area (Å²) in [6, 6.07) is 7.57. The van der Waals surface area contributed by atoms with Gasteiger partial charge in [-0.3, -0.25) is 4.79 Å². The molecular formula is C10H11BrN4O. The molecule has 84 valence electrons. The van der Waals surface area contributed by atoms with Gasteiger partial charge in [0.1, 0.15) is 0 Å². The molecule has 0 fully saturated rings. The van der Waals surface area contributed by atoms with Crippen LogP contribution in [0.1, 0.15) is 5.56 Å². The second-order valence-corrected chi connectivity index (χ2v) is 4.03. The van der Waals surface area contributed by atoms with Crippen molar-refractivity contribution in [3.63, 3.8) is 0 Å². The molecule has 1 N–H and O–H groups in total. The van der Waals surface area contributed by atoms with Gasteiger partial charge in [0.25, 0.3) is 0 Å². The molecule has 0 unspecified atom stereocenters. The summed E-state index contributed by atoms with van der Waals surface area (Å²) in [5.74, 6) is -0.0776. The van der Waals surface area contributed by atoms with Gasteiger partial charge in [-0.25, -0.2) is 0 Å². The van der Waals surface area contributed by atoms with Crippen LogP contribution in [0, 0.1) is 0 Å². The molecule has 0 bridgehead atoms. The second kappa shape index (κ2) is 6.87. The molecule has 0 aliphatic heterocycles. The predicted octanol–water partition coefficient (Wildman–Crippen LogP) is 2.42. The summed E-state index contributed by atoms with van der Waals surface area (Å²) in [6.07, 6.45) is 0.329. The summed E-state index contributed by atoms with van der Waals surface area (Å²) in [5, 5.41) is 5.99. The Balaban J connectivity index is 2.36. The minimum Gasteiger partial charge on any atom is -0.356 e. The fourth-order valence-electron chi connectivity index (χ4n) is 1.18. The zero-order valence-electron chi connectivity index (χ0n) is 8.56. The zero-order chi connectivity index (χ0) is 11.8. The molecule has 16 heavy (non-hydrogen) atoms. The van der Waals surface area contributed by atoms with E-state index >= 15 is 0 Å². The van der Waals surface area contributed by atoms with E-state index in [2.05, 4.69) is 31.3 Å². The Bertz CT molecular complexity index is 415. The quantitative estimate of drug-likeness (QED) is 0.383. The number of halogens is 1. The van der Waals surface area contributed by atoms with E-state index < -0.39 is 0 Å². The van der Waals surface area contributed by atoms with E-state index in [0.29, 0.717) is 13.0 Å². The van der Waals surface area contributed by atoms with Crippen molar-refractivity contribution in [3.8, 4) is 0 Å². The highest BCUT2D eigenvalue weighted by atomic mass is 79.9. The van der Waals surface area contributed by atoms with E-state index in [1.54, 1.807) is 0 Å². The maximum atomic E-state index is 11.4. The third-order valence-electron chi connectivity index (χ3n) is 1.85. The lowest BCUT2D eigenvalue weighted by atomic mass is 10.1. The van der Waals surface area contributed by atoms with Crippen molar-refractivity contribution in [1.82, 2.24) is 5.32 Å². The Morgan fingerprint density at radius 2 is 2.38 bits per heavy atom. The van der Waals surface area contributed by atoms with Gasteiger partial charge in [-0.2, -0.15) is 0 Å². The van der Waals surface area contributed by atoms with Crippen LogP contribution in [0.3, 0.4) is 0 Å². The number of amides is 1. The molecule has 0 saturated heterocycles. The summed E-state index contributed by atoms with van der Waals surface area (Å²) < 4.78 is 0.951. The fraction of sp³-hybridized carbons (Fsp3) is 0.300. The first-order valence-corrected chi connectivity index (χ1v) is 5.53. The third-order valence-corrected chi connectivity index (χ3v) is 2.34. The molecule has 0 aliphatic carbocycles. The molecule has 1 aromatic rings. The molecule has 0 aliphatic rings. The van der Waals surface area contributed by atoms with Gasteiger partial charge in [-0.1, -0.05) is 33.2 Å². The number of rotatable bonds is 5.